The number of rotatable bonds is 6. The zero-order chi connectivity index (χ0) is 16.9. The molecular weight excluding hydrogens is 322 g/mol. The van der Waals surface area contributed by atoms with Crippen LogP contribution < -0.4 is 10.2 Å². The van der Waals surface area contributed by atoms with E-state index in [-0.39, 0.29) is 24.7 Å². The normalized spacial score (nSPS) is 11.0. The van der Waals surface area contributed by atoms with Crippen LogP contribution in [0.25, 0.3) is 0 Å². The van der Waals surface area contributed by atoms with Gasteiger partial charge in [-0.15, -0.1) is 0 Å². The standard InChI is InChI=1S/C15H13NO6S/c1-23(18,19)22-9-13-6-14(17)15(10-20-13)21-8-12-4-2-11(7-16)3-5-12/h2-6,10H,8-9H2,1H3. The highest BCUT2D eigenvalue weighted by Gasteiger charge is 2.08. The monoisotopic (exact) mass is 335 g/mol. The molecule has 0 fully saturated rings. The number of nitrogens with zero attached hydrogens (tertiary/aromatic N) is 1. The molecule has 0 amide bonds. The maximum Gasteiger partial charge on any atom is 0.264 e. The molecule has 0 atom stereocenters. The van der Waals surface area contributed by atoms with Crippen LogP contribution in [-0.4, -0.2) is 14.7 Å². The van der Waals surface area contributed by atoms with Gasteiger partial charge in [-0.2, -0.15) is 13.7 Å². The van der Waals surface area contributed by atoms with Crippen LogP contribution >= 0.6 is 0 Å². The van der Waals surface area contributed by atoms with Gasteiger partial charge in [0, 0.05) is 6.07 Å². The lowest BCUT2D eigenvalue weighted by atomic mass is 10.2. The van der Waals surface area contributed by atoms with Crippen molar-refractivity contribution in [2.24, 2.45) is 0 Å². The highest BCUT2D eigenvalue weighted by atomic mass is 32.2. The summed E-state index contributed by atoms with van der Waals surface area (Å²) in [5.74, 6) is 0.0728. The number of nitriles is 1. The Labute approximate surface area is 132 Å². The predicted octanol–water partition coefficient (Wildman–Crippen LogP) is 1.57. The summed E-state index contributed by atoms with van der Waals surface area (Å²) in [5, 5.41) is 8.71. The fraction of sp³-hybridized carbons (Fsp3) is 0.200. The summed E-state index contributed by atoms with van der Waals surface area (Å²) in [5.41, 5.74) is 0.869. The van der Waals surface area contributed by atoms with E-state index in [2.05, 4.69) is 4.18 Å². The topological polar surface area (TPSA) is 107 Å². The fourth-order valence-electron chi connectivity index (χ4n) is 1.62. The van der Waals surface area contributed by atoms with Gasteiger partial charge in [0.2, 0.25) is 11.2 Å². The van der Waals surface area contributed by atoms with E-state index in [0.717, 1.165) is 24.1 Å². The van der Waals surface area contributed by atoms with Crippen molar-refractivity contribution in [3.05, 3.63) is 63.7 Å². The second-order valence-corrected chi connectivity index (χ2v) is 6.28. The molecule has 0 saturated heterocycles. The molecule has 0 radical (unpaired) electrons. The van der Waals surface area contributed by atoms with Gasteiger partial charge in [-0.25, -0.2) is 0 Å². The van der Waals surface area contributed by atoms with E-state index in [1.165, 1.54) is 0 Å². The summed E-state index contributed by atoms with van der Waals surface area (Å²) in [7, 11) is -3.61. The molecule has 0 bridgehead atoms. The lowest BCUT2D eigenvalue weighted by Crippen LogP contribution is -2.09. The molecular formula is C15H13NO6S. The van der Waals surface area contributed by atoms with E-state index in [1.54, 1.807) is 24.3 Å². The Morgan fingerprint density at radius 1 is 1.22 bits per heavy atom. The lowest BCUT2D eigenvalue weighted by molar-refractivity contribution is 0.259. The molecule has 0 aliphatic carbocycles. The van der Waals surface area contributed by atoms with Gasteiger partial charge in [-0.1, -0.05) is 12.1 Å². The molecule has 1 aromatic heterocycles. The van der Waals surface area contributed by atoms with Gasteiger partial charge in [0.25, 0.3) is 10.1 Å². The summed E-state index contributed by atoms with van der Waals surface area (Å²) < 4.78 is 36.7. The maximum absolute atomic E-state index is 11.9. The third-order valence-electron chi connectivity index (χ3n) is 2.74. The van der Waals surface area contributed by atoms with E-state index in [9.17, 15) is 13.2 Å². The zero-order valence-corrected chi connectivity index (χ0v) is 13.0. The molecule has 0 aliphatic rings. The highest BCUT2D eigenvalue weighted by molar-refractivity contribution is 7.85. The number of benzene rings is 1. The van der Waals surface area contributed by atoms with Crippen molar-refractivity contribution in [2.45, 2.75) is 13.2 Å². The minimum atomic E-state index is -3.61. The first kappa shape index (κ1) is 16.7. The first-order valence-corrected chi connectivity index (χ1v) is 8.27. The molecule has 0 N–H and O–H groups in total. The van der Waals surface area contributed by atoms with Gasteiger partial charge < -0.3 is 9.15 Å². The first-order valence-electron chi connectivity index (χ1n) is 6.45. The van der Waals surface area contributed by atoms with Gasteiger partial charge in [-0.3, -0.25) is 8.98 Å². The summed E-state index contributed by atoms with van der Waals surface area (Å²) in [6.07, 6.45) is 2.01. The van der Waals surface area contributed by atoms with Crippen LogP contribution in [0.4, 0.5) is 0 Å². The van der Waals surface area contributed by atoms with E-state index >= 15 is 0 Å². The molecule has 2 rings (SSSR count). The molecule has 23 heavy (non-hydrogen) atoms. The van der Waals surface area contributed by atoms with Gasteiger partial charge >= 0.3 is 0 Å². The van der Waals surface area contributed by atoms with Crippen molar-refractivity contribution in [3.8, 4) is 11.8 Å². The lowest BCUT2D eigenvalue weighted by Gasteiger charge is -2.06. The quantitative estimate of drug-likeness (QED) is 0.737. The predicted molar refractivity (Wildman–Crippen MR) is 80.1 cm³/mol. The van der Waals surface area contributed by atoms with Crippen LogP contribution in [0.15, 0.2) is 45.8 Å². The Morgan fingerprint density at radius 2 is 1.91 bits per heavy atom. The summed E-state index contributed by atoms with van der Waals surface area (Å²) in [6.45, 7) is -0.223. The van der Waals surface area contributed by atoms with Crippen molar-refractivity contribution in [1.82, 2.24) is 0 Å². The van der Waals surface area contributed by atoms with Gasteiger partial charge in [0.15, 0.2) is 0 Å². The Hall–Kier alpha value is -2.63. The second kappa shape index (κ2) is 7.09. The van der Waals surface area contributed by atoms with Crippen molar-refractivity contribution < 1.29 is 21.8 Å². The van der Waals surface area contributed by atoms with Crippen LogP contribution in [-0.2, 0) is 27.5 Å². The summed E-state index contributed by atoms with van der Waals surface area (Å²) >= 11 is 0. The smallest absolute Gasteiger partial charge is 0.264 e. The second-order valence-electron chi connectivity index (χ2n) is 4.64. The largest absolute Gasteiger partial charge is 0.482 e. The molecule has 2 aromatic rings. The molecule has 0 aliphatic heterocycles. The van der Waals surface area contributed by atoms with Crippen molar-refractivity contribution in [1.29, 1.82) is 5.26 Å². The van der Waals surface area contributed by atoms with Crippen molar-refractivity contribution in [3.63, 3.8) is 0 Å². The van der Waals surface area contributed by atoms with Crippen LogP contribution in [0.1, 0.15) is 16.9 Å². The SMILES string of the molecule is CS(=O)(=O)OCc1cc(=O)c(OCc2ccc(C#N)cc2)co1. The molecule has 7 nitrogen and oxygen atoms in total. The maximum atomic E-state index is 11.9. The summed E-state index contributed by atoms with van der Waals surface area (Å²) in [6, 6.07) is 9.84. The minimum absolute atomic E-state index is 0.00235. The van der Waals surface area contributed by atoms with E-state index in [0.29, 0.717) is 5.56 Å². The molecule has 1 heterocycles. The van der Waals surface area contributed by atoms with Gasteiger partial charge in [-0.05, 0) is 17.7 Å². The Morgan fingerprint density at radius 3 is 2.48 bits per heavy atom. The number of ether oxygens (including phenoxy) is 1. The van der Waals surface area contributed by atoms with E-state index in [1.807, 2.05) is 6.07 Å². The molecule has 0 spiro atoms. The zero-order valence-electron chi connectivity index (χ0n) is 12.2. The Bertz CT molecular complexity index is 877. The van der Waals surface area contributed by atoms with E-state index in [4.69, 9.17) is 14.4 Å². The molecule has 0 unspecified atom stereocenters. The van der Waals surface area contributed by atoms with Gasteiger partial charge in [0.1, 0.15) is 25.2 Å². The average Bonchev–Trinajstić information content (AvgIpc) is 2.52. The third kappa shape index (κ3) is 5.25. The van der Waals surface area contributed by atoms with Crippen LogP contribution in [0.5, 0.6) is 5.75 Å². The molecule has 0 saturated carbocycles. The Balaban J connectivity index is 2.00. The summed E-state index contributed by atoms with van der Waals surface area (Å²) in [4.78, 5) is 11.9. The van der Waals surface area contributed by atoms with Crippen LogP contribution in [0, 0.1) is 11.3 Å². The molecule has 120 valence electrons. The van der Waals surface area contributed by atoms with E-state index < -0.39 is 15.5 Å². The third-order valence-corrected chi connectivity index (χ3v) is 3.29. The highest BCUT2D eigenvalue weighted by Crippen LogP contribution is 2.11. The number of hydrogen-bond donors (Lipinski definition) is 0. The van der Waals surface area contributed by atoms with Gasteiger partial charge in [0.05, 0.1) is 17.9 Å². The molecule has 8 heteroatoms. The van der Waals surface area contributed by atoms with Crippen molar-refractivity contribution in [2.75, 3.05) is 6.26 Å². The van der Waals surface area contributed by atoms with Crippen molar-refractivity contribution >= 4 is 10.1 Å². The first-order chi connectivity index (χ1) is 10.9. The average molecular weight is 335 g/mol. The number of hydrogen-bond acceptors (Lipinski definition) is 7. The molecule has 1 aromatic carbocycles. The minimum Gasteiger partial charge on any atom is -0.482 e. The van der Waals surface area contributed by atoms with Crippen LogP contribution in [0.2, 0.25) is 0 Å². The van der Waals surface area contributed by atoms with Crippen LogP contribution in [0.3, 0.4) is 0 Å². The fourth-order valence-corrected chi connectivity index (χ4v) is 1.95. The Kier molecular flexibility index (Phi) is 5.16.